The van der Waals surface area contributed by atoms with Crippen molar-refractivity contribution in [3.63, 3.8) is 0 Å². The fraction of sp³-hybridized carbons (Fsp3) is 0.238. The molecule has 2 heterocycles. The predicted octanol–water partition coefficient (Wildman–Crippen LogP) is 4.35. The Balaban J connectivity index is 1.80. The molecule has 3 rings (SSSR count). The van der Waals surface area contributed by atoms with Crippen molar-refractivity contribution in [3.8, 4) is 5.75 Å². The first-order chi connectivity index (χ1) is 12.6. The molecule has 0 saturated heterocycles. The molecule has 1 aliphatic rings. The Kier molecular flexibility index (Phi) is 5.37. The molecule has 5 nitrogen and oxygen atoms in total. The van der Waals surface area contributed by atoms with Crippen LogP contribution in [0, 0.1) is 0 Å². The van der Waals surface area contributed by atoms with Gasteiger partial charge in [-0.15, -0.1) is 0 Å². The van der Waals surface area contributed by atoms with Crippen LogP contribution in [0.1, 0.15) is 40.7 Å². The number of nitrogens with zero attached hydrogens (tertiary/aromatic N) is 1. The monoisotopic (exact) mass is 350 g/mol. The summed E-state index contributed by atoms with van der Waals surface area (Å²) in [4.78, 5) is 15.3. The number of ether oxygens (including phenoxy) is 1. The van der Waals surface area contributed by atoms with Gasteiger partial charge in [0, 0.05) is 18.7 Å². The van der Waals surface area contributed by atoms with Crippen molar-refractivity contribution < 1.29 is 14.6 Å². The minimum atomic E-state index is -0.963. The Morgan fingerprint density at radius 3 is 3.04 bits per heavy atom. The van der Waals surface area contributed by atoms with E-state index in [-0.39, 0.29) is 11.5 Å². The second kappa shape index (κ2) is 7.87. The fourth-order valence-electron chi connectivity index (χ4n) is 3.21. The maximum atomic E-state index is 11.3. The van der Waals surface area contributed by atoms with Crippen molar-refractivity contribution in [2.75, 3.05) is 18.5 Å². The Bertz CT molecular complexity index is 858. The van der Waals surface area contributed by atoms with Crippen LogP contribution in [0.3, 0.4) is 0 Å². The van der Waals surface area contributed by atoms with Crippen LogP contribution in [0.15, 0.2) is 55.4 Å². The number of nitrogens with one attached hydrogen (secondary N) is 1. The van der Waals surface area contributed by atoms with E-state index in [9.17, 15) is 9.90 Å². The number of carboxylic acids is 1. The summed E-state index contributed by atoms with van der Waals surface area (Å²) < 4.78 is 5.85. The van der Waals surface area contributed by atoms with Gasteiger partial charge in [-0.3, -0.25) is 4.98 Å². The van der Waals surface area contributed by atoms with Gasteiger partial charge in [0.15, 0.2) is 0 Å². The SMILES string of the molecule is C=C/C(=C\C)c1ccc2c(c1)OCCC2CNc1cnccc1C(=O)O. The van der Waals surface area contributed by atoms with Crippen LogP contribution in [0.4, 0.5) is 5.69 Å². The number of carboxylic acid groups (broad SMARTS) is 1. The lowest BCUT2D eigenvalue weighted by Crippen LogP contribution is -2.21. The standard InChI is InChI=1S/C21H22N2O3/c1-3-14(4-2)15-5-6-17-16(8-10-26-20(17)11-15)12-23-19-13-22-9-7-18(19)21(24)25/h3-7,9,11,13,16,23H,1,8,10,12H2,2H3,(H,24,25)/b14-4+. The minimum absolute atomic E-state index is 0.228. The third-order valence-corrected chi connectivity index (χ3v) is 4.63. The first-order valence-electron chi connectivity index (χ1n) is 8.61. The lowest BCUT2D eigenvalue weighted by Gasteiger charge is -2.27. The highest BCUT2D eigenvalue weighted by molar-refractivity contribution is 5.93. The molecular weight excluding hydrogens is 328 g/mol. The minimum Gasteiger partial charge on any atom is -0.493 e. The summed E-state index contributed by atoms with van der Waals surface area (Å²) >= 11 is 0. The fourth-order valence-corrected chi connectivity index (χ4v) is 3.21. The van der Waals surface area contributed by atoms with Crippen molar-refractivity contribution >= 4 is 17.2 Å². The molecule has 0 fully saturated rings. The van der Waals surface area contributed by atoms with Crippen LogP contribution in [0.2, 0.25) is 0 Å². The van der Waals surface area contributed by atoms with Gasteiger partial charge in [-0.1, -0.05) is 30.9 Å². The number of hydrogen-bond acceptors (Lipinski definition) is 4. The Labute approximate surface area is 153 Å². The van der Waals surface area contributed by atoms with Gasteiger partial charge in [0.2, 0.25) is 0 Å². The third-order valence-electron chi connectivity index (χ3n) is 4.63. The van der Waals surface area contributed by atoms with Gasteiger partial charge >= 0.3 is 5.97 Å². The highest BCUT2D eigenvalue weighted by atomic mass is 16.5. The Morgan fingerprint density at radius 1 is 1.46 bits per heavy atom. The van der Waals surface area contributed by atoms with Gasteiger partial charge in [-0.2, -0.15) is 0 Å². The molecule has 0 saturated carbocycles. The van der Waals surface area contributed by atoms with Gasteiger partial charge in [0.1, 0.15) is 5.75 Å². The number of fused-ring (bicyclic) bond motifs is 1. The molecule has 1 aliphatic heterocycles. The maximum Gasteiger partial charge on any atom is 0.337 e. The van der Waals surface area contributed by atoms with E-state index in [4.69, 9.17) is 4.74 Å². The first-order valence-corrected chi connectivity index (χ1v) is 8.61. The predicted molar refractivity (Wildman–Crippen MR) is 103 cm³/mol. The zero-order chi connectivity index (χ0) is 18.5. The van der Waals surface area contributed by atoms with Crippen LogP contribution >= 0.6 is 0 Å². The number of aromatic nitrogens is 1. The van der Waals surface area contributed by atoms with E-state index in [0.717, 1.165) is 28.9 Å². The van der Waals surface area contributed by atoms with E-state index in [1.165, 1.54) is 12.3 Å². The molecule has 26 heavy (non-hydrogen) atoms. The smallest absolute Gasteiger partial charge is 0.337 e. The van der Waals surface area contributed by atoms with Gasteiger partial charge in [-0.05, 0) is 42.2 Å². The van der Waals surface area contributed by atoms with Gasteiger partial charge in [0.25, 0.3) is 0 Å². The molecule has 2 aromatic rings. The van der Waals surface area contributed by atoms with Gasteiger partial charge in [0.05, 0.1) is 24.1 Å². The molecule has 0 aliphatic carbocycles. The second-order valence-corrected chi connectivity index (χ2v) is 6.14. The third kappa shape index (κ3) is 3.61. The molecular formula is C21H22N2O3. The Morgan fingerprint density at radius 2 is 2.31 bits per heavy atom. The molecule has 2 N–H and O–H groups in total. The van der Waals surface area contributed by atoms with Crippen molar-refractivity contribution in [1.82, 2.24) is 4.98 Å². The molecule has 1 aromatic carbocycles. The second-order valence-electron chi connectivity index (χ2n) is 6.14. The lowest BCUT2D eigenvalue weighted by atomic mass is 9.91. The van der Waals surface area contributed by atoms with Crippen LogP contribution in [-0.2, 0) is 0 Å². The highest BCUT2D eigenvalue weighted by Crippen LogP contribution is 2.36. The number of rotatable bonds is 6. The summed E-state index contributed by atoms with van der Waals surface area (Å²) in [5.41, 5.74) is 4.04. The van der Waals surface area contributed by atoms with E-state index in [1.54, 1.807) is 6.20 Å². The molecule has 0 radical (unpaired) electrons. The lowest BCUT2D eigenvalue weighted by molar-refractivity contribution is 0.0697. The Hall–Kier alpha value is -3.08. The normalized spacial score (nSPS) is 16.3. The van der Waals surface area contributed by atoms with Gasteiger partial charge < -0.3 is 15.2 Å². The molecule has 0 amide bonds. The molecule has 1 unspecified atom stereocenters. The summed E-state index contributed by atoms with van der Waals surface area (Å²) in [6, 6.07) is 7.71. The number of allylic oxidation sites excluding steroid dienone is 3. The summed E-state index contributed by atoms with van der Waals surface area (Å²) in [6.45, 7) is 7.10. The van der Waals surface area contributed by atoms with Crippen molar-refractivity contribution in [2.45, 2.75) is 19.3 Å². The van der Waals surface area contributed by atoms with Crippen LogP contribution in [0.5, 0.6) is 5.75 Å². The summed E-state index contributed by atoms with van der Waals surface area (Å²) in [6.07, 6.45) is 7.76. The number of hydrogen-bond donors (Lipinski definition) is 2. The summed E-state index contributed by atoms with van der Waals surface area (Å²) in [7, 11) is 0. The first kappa shape index (κ1) is 17.7. The zero-order valence-electron chi connectivity index (χ0n) is 14.7. The summed E-state index contributed by atoms with van der Waals surface area (Å²) in [5.74, 6) is 0.161. The van der Waals surface area contributed by atoms with E-state index in [0.29, 0.717) is 18.8 Å². The number of benzene rings is 1. The van der Waals surface area contributed by atoms with Crippen LogP contribution in [-0.4, -0.2) is 29.2 Å². The maximum absolute atomic E-state index is 11.3. The molecule has 1 aromatic heterocycles. The number of pyridine rings is 1. The van der Waals surface area contributed by atoms with Crippen LogP contribution in [0.25, 0.3) is 5.57 Å². The average molecular weight is 350 g/mol. The zero-order valence-corrected chi connectivity index (χ0v) is 14.7. The van der Waals surface area contributed by atoms with Crippen molar-refractivity contribution in [2.24, 2.45) is 0 Å². The summed E-state index contributed by atoms with van der Waals surface area (Å²) in [5, 5.41) is 12.5. The van der Waals surface area contributed by atoms with Gasteiger partial charge in [-0.25, -0.2) is 4.79 Å². The molecule has 0 spiro atoms. The largest absolute Gasteiger partial charge is 0.493 e. The van der Waals surface area contributed by atoms with Crippen molar-refractivity contribution in [1.29, 1.82) is 0 Å². The van der Waals surface area contributed by atoms with E-state index in [2.05, 4.69) is 29.0 Å². The topological polar surface area (TPSA) is 71.5 Å². The highest BCUT2D eigenvalue weighted by Gasteiger charge is 2.22. The quantitative estimate of drug-likeness (QED) is 0.758. The van der Waals surface area contributed by atoms with Crippen LogP contribution < -0.4 is 10.1 Å². The van der Waals surface area contributed by atoms with E-state index < -0.39 is 5.97 Å². The molecule has 0 bridgehead atoms. The van der Waals surface area contributed by atoms with E-state index in [1.807, 2.05) is 25.1 Å². The number of carbonyl (C=O) groups is 1. The number of anilines is 1. The molecule has 134 valence electrons. The average Bonchev–Trinajstić information content (AvgIpc) is 2.67. The number of aromatic carboxylic acids is 1. The van der Waals surface area contributed by atoms with E-state index >= 15 is 0 Å². The molecule has 5 heteroatoms. The van der Waals surface area contributed by atoms with Crippen molar-refractivity contribution in [3.05, 3.63) is 72.1 Å². The molecule has 1 atom stereocenters.